The SMILES string of the molecule is O=S(=O)(NCCc1cn2c(n1)SCC2)c1ccc(Br)cc1. The number of imidazole rings is 1. The highest BCUT2D eigenvalue weighted by molar-refractivity contribution is 9.10. The molecule has 0 aliphatic carbocycles. The average Bonchev–Trinajstić information content (AvgIpc) is 3.00. The van der Waals surface area contributed by atoms with Crippen molar-refractivity contribution in [2.24, 2.45) is 0 Å². The highest BCUT2D eigenvalue weighted by atomic mass is 79.9. The molecule has 1 aromatic heterocycles. The van der Waals surface area contributed by atoms with Crippen molar-refractivity contribution in [1.29, 1.82) is 0 Å². The van der Waals surface area contributed by atoms with Crippen molar-refractivity contribution in [3.8, 4) is 0 Å². The van der Waals surface area contributed by atoms with E-state index in [1.165, 1.54) is 0 Å². The van der Waals surface area contributed by atoms with Crippen LogP contribution in [0.25, 0.3) is 0 Å². The Bertz CT molecular complexity index is 720. The summed E-state index contributed by atoms with van der Waals surface area (Å²) in [6, 6.07) is 6.58. The molecule has 0 amide bonds. The summed E-state index contributed by atoms with van der Waals surface area (Å²) in [7, 11) is -3.45. The van der Waals surface area contributed by atoms with Crippen LogP contribution in [0.5, 0.6) is 0 Å². The van der Waals surface area contributed by atoms with E-state index in [4.69, 9.17) is 0 Å². The number of nitrogens with one attached hydrogen (secondary N) is 1. The summed E-state index contributed by atoms with van der Waals surface area (Å²) in [6.45, 7) is 1.33. The number of hydrogen-bond acceptors (Lipinski definition) is 4. The molecule has 0 radical (unpaired) electrons. The summed E-state index contributed by atoms with van der Waals surface area (Å²) in [6.07, 6.45) is 2.60. The molecule has 1 N–H and O–H groups in total. The van der Waals surface area contributed by atoms with E-state index >= 15 is 0 Å². The first-order chi connectivity index (χ1) is 10.0. The van der Waals surface area contributed by atoms with Crippen LogP contribution in [-0.2, 0) is 23.0 Å². The van der Waals surface area contributed by atoms with Crippen LogP contribution >= 0.6 is 27.7 Å². The molecule has 112 valence electrons. The summed E-state index contributed by atoms with van der Waals surface area (Å²) < 4.78 is 29.8. The molecule has 0 saturated carbocycles. The number of rotatable bonds is 5. The molecule has 0 spiro atoms. The maximum Gasteiger partial charge on any atom is 0.240 e. The number of hydrogen-bond donors (Lipinski definition) is 1. The zero-order valence-electron chi connectivity index (χ0n) is 11.1. The van der Waals surface area contributed by atoms with Crippen molar-refractivity contribution in [2.45, 2.75) is 23.0 Å². The zero-order valence-corrected chi connectivity index (χ0v) is 14.3. The fourth-order valence-corrected chi connectivity index (χ4v) is 4.35. The second-order valence-corrected chi connectivity index (χ2v) is 8.40. The minimum Gasteiger partial charge on any atom is -0.325 e. The third-order valence-electron chi connectivity index (χ3n) is 3.15. The van der Waals surface area contributed by atoms with Crippen molar-refractivity contribution in [1.82, 2.24) is 14.3 Å². The number of aromatic nitrogens is 2. The number of sulfonamides is 1. The third kappa shape index (κ3) is 3.50. The molecular formula is C13H14BrN3O2S2. The van der Waals surface area contributed by atoms with Crippen molar-refractivity contribution in [3.05, 3.63) is 40.6 Å². The molecule has 1 aliphatic heterocycles. The molecule has 5 nitrogen and oxygen atoms in total. The molecule has 1 aromatic carbocycles. The molecule has 0 unspecified atom stereocenters. The van der Waals surface area contributed by atoms with E-state index in [9.17, 15) is 8.42 Å². The van der Waals surface area contributed by atoms with Gasteiger partial charge in [0.1, 0.15) is 0 Å². The lowest BCUT2D eigenvalue weighted by atomic mass is 10.3. The first-order valence-corrected chi connectivity index (χ1v) is 9.75. The quantitative estimate of drug-likeness (QED) is 0.854. The van der Waals surface area contributed by atoms with Crippen molar-refractivity contribution in [2.75, 3.05) is 12.3 Å². The van der Waals surface area contributed by atoms with E-state index in [0.717, 1.165) is 27.6 Å². The van der Waals surface area contributed by atoms with Gasteiger partial charge < -0.3 is 4.57 Å². The van der Waals surface area contributed by atoms with Crippen molar-refractivity contribution < 1.29 is 8.42 Å². The third-order valence-corrected chi connectivity index (χ3v) is 6.13. The molecule has 0 bridgehead atoms. The molecule has 21 heavy (non-hydrogen) atoms. The van der Waals surface area contributed by atoms with E-state index in [2.05, 4.69) is 30.2 Å². The van der Waals surface area contributed by atoms with Gasteiger partial charge in [-0.25, -0.2) is 18.1 Å². The summed E-state index contributed by atoms with van der Waals surface area (Å²) >= 11 is 5.02. The Morgan fingerprint density at radius 2 is 2.10 bits per heavy atom. The topological polar surface area (TPSA) is 64.0 Å². The number of aryl methyl sites for hydroxylation is 1. The van der Waals surface area contributed by atoms with Gasteiger partial charge in [0, 0.05) is 35.9 Å². The van der Waals surface area contributed by atoms with Crippen LogP contribution in [-0.4, -0.2) is 30.3 Å². The molecule has 2 heterocycles. The fourth-order valence-electron chi connectivity index (χ4n) is 2.09. The predicted octanol–water partition coefficient (Wildman–Crippen LogP) is 2.27. The second-order valence-electron chi connectivity index (χ2n) is 4.66. The van der Waals surface area contributed by atoms with E-state index in [1.54, 1.807) is 36.0 Å². The Kier molecular flexibility index (Phi) is 4.39. The van der Waals surface area contributed by atoms with Gasteiger partial charge in [-0.2, -0.15) is 0 Å². The molecule has 8 heteroatoms. The molecule has 0 atom stereocenters. The molecule has 2 aromatic rings. The van der Waals surface area contributed by atoms with Gasteiger partial charge in [0.05, 0.1) is 10.6 Å². The fraction of sp³-hybridized carbons (Fsp3) is 0.308. The monoisotopic (exact) mass is 387 g/mol. The minimum absolute atomic E-state index is 0.272. The number of nitrogens with zero attached hydrogens (tertiary/aromatic N) is 2. The van der Waals surface area contributed by atoms with Crippen LogP contribution in [0.2, 0.25) is 0 Å². The van der Waals surface area contributed by atoms with Crippen LogP contribution in [0.1, 0.15) is 5.69 Å². The smallest absolute Gasteiger partial charge is 0.240 e. The van der Waals surface area contributed by atoms with Crippen LogP contribution in [0.3, 0.4) is 0 Å². The Morgan fingerprint density at radius 1 is 1.33 bits per heavy atom. The van der Waals surface area contributed by atoms with Gasteiger partial charge in [-0.1, -0.05) is 27.7 Å². The van der Waals surface area contributed by atoms with E-state index < -0.39 is 10.0 Å². The summed E-state index contributed by atoms with van der Waals surface area (Å²) in [4.78, 5) is 4.75. The lowest BCUT2D eigenvalue weighted by Crippen LogP contribution is -2.26. The Hall–Kier alpha value is -0.830. The minimum atomic E-state index is -3.45. The lowest BCUT2D eigenvalue weighted by Gasteiger charge is -2.06. The van der Waals surface area contributed by atoms with Crippen molar-refractivity contribution in [3.63, 3.8) is 0 Å². The van der Waals surface area contributed by atoms with Gasteiger partial charge in [0.25, 0.3) is 0 Å². The maximum atomic E-state index is 12.1. The van der Waals surface area contributed by atoms with Gasteiger partial charge in [0.2, 0.25) is 10.0 Å². The normalized spacial score (nSPS) is 14.3. The Balaban J connectivity index is 1.60. The van der Waals surface area contributed by atoms with Gasteiger partial charge in [-0.15, -0.1) is 0 Å². The standard InChI is InChI=1S/C13H14BrN3O2S2/c14-10-1-3-12(4-2-10)21(18,19)15-6-5-11-9-17-7-8-20-13(17)16-11/h1-4,9,15H,5-8H2. The first kappa shape index (κ1) is 15.1. The largest absolute Gasteiger partial charge is 0.325 e. The van der Waals surface area contributed by atoms with E-state index in [-0.39, 0.29) is 4.90 Å². The average molecular weight is 388 g/mol. The first-order valence-electron chi connectivity index (χ1n) is 6.49. The van der Waals surface area contributed by atoms with Gasteiger partial charge >= 0.3 is 0 Å². The summed E-state index contributed by atoms with van der Waals surface area (Å²) in [5.74, 6) is 1.07. The van der Waals surface area contributed by atoms with Gasteiger partial charge in [0.15, 0.2) is 5.16 Å². The van der Waals surface area contributed by atoms with Crippen LogP contribution in [0, 0.1) is 0 Å². The highest BCUT2D eigenvalue weighted by Gasteiger charge is 2.16. The predicted molar refractivity (Wildman–Crippen MR) is 86.0 cm³/mol. The highest BCUT2D eigenvalue weighted by Crippen LogP contribution is 2.24. The number of thioether (sulfide) groups is 1. The second kappa shape index (κ2) is 6.12. The molecular weight excluding hydrogens is 374 g/mol. The molecule has 0 saturated heterocycles. The zero-order chi connectivity index (χ0) is 14.9. The lowest BCUT2D eigenvalue weighted by molar-refractivity contribution is 0.581. The Labute approximate surface area is 136 Å². The summed E-state index contributed by atoms with van der Waals surface area (Å²) in [5, 5.41) is 1.03. The van der Waals surface area contributed by atoms with Crippen molar-refractivity contribution >= 4 is 37.7 Å². The van der Waals surface area contributed by atoms with Gasteiger partial charge in [-0.05, 0) is 24.3 Å². The van der Waals surface area contributed by atoms with E-state index in [0.29, 0.717) is 13.0 Å². The summed E-state index contributed by atoms with van der Waals surface area (Å²) in [5.41, 5.74) is 0.927. The molecule has 1 aliphatic rings. The molecule has 0 fully saturated rings. The van der Waals surface area contributed by atoms with Crippen LogP contribution < -0.4 is 4.72 Å². The van der Waals surface area contributed by atoms with E-state index in [1.807, 2.05) is 6.20 Å². The van der Waals surface area contributed by atoms with Crippen LogP contribution in [0.4, 0.5) is 0 Å². The number of benzene rings is 1. The molecule has 3 rings (SSSR count). The number of halogens is 1. The maximum absolute atomic E-state index is 12.1. The van der Waals surface area contributed by atoms with Gasteiger partial charge in [-0.3, -0.25) is 0 Å². The number of fused-ring (bicyclic) bond motifs is 1. The van der Waals surface area contributed by atoms with Crippen LogP contribution in [0.15, 0.2) is 45.0 Å². The Morgan fingerprint density at radius 3 is 2.81 bits per heavy atom.